The largest absolute Gasteiger partial charge is 0.346 e. The second-order valence-electron chi connectivity index (χ2n) is 7.13. The Bertz CT molecular complexity index is 774. The first-order chi connectivity index (χ1) is 12.0. The van der Waals surface area contributed by atoms with Gasteiger partial charge in [-0.2, -0.15) is 4.98 Å². The van der Waals surface area contributed by atoms with Crippen molar-refractivity contribution in [2.75, 3.05) is 0 Å². The third-order valence-electron chi connectivity index (χ3n) is 5.56. The Morgan fingerprint density at radius 3 is 2.72 bits per heavy atom. The lowest BCUT2D eigenvalue weighted by Crippen LogP contribution is -2.45. The third-order valence-corrected chi connectivity index (χ3v) is 5.81. The summed E-state index contributed by atoms with van der Waals surface area (Å²) in [6.07, 6.45) is 3.34. The van der Waals surface area contributed by atoms with Gasteiger partial charge in [0.25, 0.3) is 5.89 Å². The minimum Gasteiger partial charge on any atom is -0.346 e. The van der Waals surface area contributed by atoms with Gasteiger partial charge >= 0.3 is 0 Å². The number of benzene rings is 1. The maximum Gasteiger partial charge on any atom is 0.257 e. The lowest BCUT2D eigenvalue weighted by molar-refractivity contribution is -0.127. The van der Waals surface area contributed by atoms with Gasteiger partial charge in [-0.1, -0.05) is 16.8 Å². The van der Waals surface area contributed by atoms with Gasteiger partial charge in [0.2, 0.25) is 5.91 Å². The first-order valence-corrected chi connectivity index (χ1v) is 9.06. The van der Waals surface area contributed by atoms with Crippen molar-refractivity contribution in [3.05, 3.63) is 35.1 Å². The first-order valence-electron chi connectivity index (χ1n) is 8.68. The molecule has 2 aliphatic carbocycles. The summed E-state index contributed by atoms with van der Waals surface area (Å²) in [5.41, 5.74) is 7.04. The predicted molar refractivity (Wildman–Crippen MR) is 93.6 cm³/mol. The number of fused-ring (bicyclic) bond motifs is 2. The van der Waals surface area contributed by atoms with E-state index >= 15 is 0 Å². The third kappa shape index (κ3) is 3.04. The van der Waals surface area contributed by atoms with Crippen LogP contribution in [0.15, 0.2) is 28.8 Å². The number of aromatic nitrogens is 2. The fourth-order valence-electron chi connectivity index (χ4n) is 4.22. The summed E-state index contributed by atoms with van der Waals surface area (Å²) in [6, 6.07) is 6.81. The topological polar surface area (TPSA) is 94.0 Å². The minimum absolute atomic E-state index is 0.00467. The lowest BCUT2D eigenvalue weighted by atomic mass is 9.84. The summed E-state index contributed by atoms with van der Waals surface area (Å²) in [4.78, 5) is 17.0. The molecule has 132 valence electrons. The van der Waals surface area contributed by atoms with Crippen LogP contribution in [0, 0.1) is 17.8 Å². The normalized spacial score (nSPS) is 28.9. The number of nitrogens with zero attached hydrogens (tertiary/aromatic N) is 2. The molecule has 1 aromatic carbocycles. The average Bonchev–Trinajstić information content (AvgIpc) is 3.31. The molecule has 3 N–H and O–H groups in total. The number of hydrogen-bond acceptors (Lipinski definition) is 5. The molecule has 1 amide bonds. The molecule has 25 heavy (non-hydrogen) atoms. The van der Waals surface area contributed by atoms with Crippen molar-refractivity contribution in [1.29, 1.82) is 0 Å². The highest BCUT2D eigenvalue weighted by atomic mass is 35.5. The molecule has 1 aromatic heterocycles. The van der Waals surface area contributed by atoms with Crippen molar-refractivity contribution in [2.24, 2.45) is 23.5 Å². The van der Waals surface area contributed by atoms with Crippen LogP contribution in [-0.2, 0) is 4.79 Å². The van der Waals surface area contributed by atoms with E-state index in [0.29, 0.717) is 28.6 Å². The summed E-state index contributed by atoms with van der Waals surface area (Å²) in [5.74, 6) is 1.69. The van der Waals surface area contributed by atoms with Gasteiger partial charge in [0.05, 0.1) is 12.0 Å². The predicted octanol–water partition coefficient (Wildman–Crippen LogP) is 2.94. The van der Waals surface area contributed by atoms with Gasteiger partial charge in [-0.3, -0.25) is 4.79 Å². The van der Waals surface area contributed by atoms with Crippen molar-refractivity contribution in [3.63, 3.8) is 0 Å². The Morgan fingerprint density at radius 1 is 1.32 bits per heavy atom. The molecule has 0 spiro atoms. The van der Waals surface area contributed by atoms with Crippen LogP contribution in [0.1, 0.15) is 38.1 Å². The van der Waals surface area contributed by atoms with Gasteiger partial charge in [-0.05, 0) is 62.3 Å². The van der Waals surface area contributed by atoms with Crippen molar-refractivity contribution in [2.45, 2.75) is 38.3 Å². The van der Waals surface area contributed by atoms with Crippen LogP contribution in [0.3, 0.4) is 0 Å². The Labute approximate surface area is 151 Å². The fraction of sp³-hybridized carbons (Fsp3) is 0.500. The molecule has 2 fully saturated rings. The number of halogens is 1. The zero-order chi connectivity index (χ0) is 17.6. The highest BCUT2D eigenvalue weighted by molar-refractivity contribution is 6.30. The fourth-order valence-corrected chi connectivity index (χ4v) is 4.35. The lowest BCUT2D eigenvalue weighted by Gasteiger charge is -2.27. The van der Waals surface area contributed by atoms with Gasteiger partial charge in [0, 0.05) is 16.6 Å². The SMILES string of the molecule is CC(NC(=O)C1C2CCC(C2)C1N)c1noc(-c2ccc(Cl)cc2)n1. The Kier molecular flexibility index (Phi) is 4.25. The van der Waals surface area contributed by atoms with Crippen LogP contribution in [-0.4, -0.2) is 22.1 Å². The van der Waals surface area contributed by atoms with E-state index in [-0.39, 0.29) is 23.9 Å². The molecule has 6 nitrogen and oxygen atoms in total. The van der Waals surface area contributed by atoms with Crippen LogP contribution in [0.4, 0.5) is 0 Å². The Hall–Kier alpha value is -1.92. The average molecular weight is 361 g/mol. The number of hydrogen-bond donors (Lipinski definition) is 2. The van der Waals surface area contributed by atoms with E-state index in [1.165, 1.54) is 0 Å². The molecule has 2 aliphatic rings. The monoisotopic (exact) mass is 360 g/mol. The van der Waals surface area contributed by atoms with Crippen LogP contribution >= 0.6 is 11.6 Å². The molecule has 2 bridgehead atoms. The molecule has 5 atom stereocenters. The van der Waals surface area contributed by atoms with Crippen molar-refractivity contribution in [1.82, 2.24) is 15.5 Å². The summed E-state index contributed by atoms with van der Waals surface area (Å²) in [7, 11) is 0. The van der Waals surface area contributed by atoms with E-state index in [1.54, 1.807) is 12.1 Å². The molecule has 0 aliphatic heterocycles. The van der Waals surface area contributed by atoms with E-state index in [9.17, 15) is 4.79 Å². The number of carbonyl (C=O) groups excluding carboxylic acids is 1. The van der Waals surface area contributed by atoms with Gasteiger partial charge in [-0.15, -0.1) is 0 Å². The van der Waals surface area contributed by atoms with Crippen LogP contribution in [0.25, 0.3) is 11.5 Å². The Morgan fingerprint density at radius 2 is 2.04 bits per heavy atom. The number of nitrogens with two attached hydrogens (primary N) is 1. The number of rotatable bonds is 4. The highest BCUT2D eigenvalue weighted by Gasteiger charge is 2.49. The maximum atomic E-state index is 12.7. The molecular formula is C18H21ClN4O2. The molecule has 2 aromatic rings. The van der Waals surface area contributed by atoms with Gasteiger partial charge < -0.3 is 15.6 Å². The van der Waals surface area contributed by atoms with Crippen LogP contribution in [0.2, 0.25) is 5.02 Å². The van der Waals surface area contributed by atoms with Gasteiger partial charge in [0.15, 0.2) is 5.82 Å². The summed E-state index contributed by atoms with van der Waals surface area (Å²) in [6.45, 7) is 1.85. The first kappa shape index (κ1) is 16.5. The molecule has 1 heterocycles. The smallest absolute Gasteiger partial charge is 0.257 e. The molecular weight excluding hydrogens is 340 g/mol. The Balaban J connectivity index is 1.44. The van der Waals surface area contributed by atoms with Gasteiger partial charge in [-0.25, -0.2) is 0 Å². The van der Waals surface area contributed by atoms with E-state index < -0.39 is 0 Å². The van der Waals surface area contributed by atoms with E-state index in [0.717, 1.165) is 24.8 Å². The second kappa shape index (κ2) is 6.42. The van der Waals surface area contributed by atoms with Crippen molar-refractivity contribution >= 4 is 17.5 Å². The van der Waals surface area contributed by atoms with Crippen LogP contribution in [0.5, 0.6) is 0 Å². The molecule has 7 heteroatoms. The van der Waals surface area contributed by atoms with Crippen molar-refractivity contribution < 1.29 is 9.32 Å². The molecule has 0 saturated heterocycles. The molecule has 0 radical (unpaired) electrons. The van der Waals surface area contributed by atoms with E-state index in [2.05, 4.69) is 15.5 Å². The number of carbonyl (C=O) groups is 1. The maximum absolute atomic E-state index is 12.7. The molecule has 2 saturated carbocycles. The summed E-state index contributed by atoms with van der Waals surface area (Å²) < 4.78 is 5.31. The second-order valence-corrected chi connectivity index (χ2v) is 7.57. The van der Waals surface area contributed by atoms with Crippen LogP contribution < -0.4 is 11.1 Å². The molecule has 4 rings (SSSR count). The molecule has 5 unspecified atom stereocenters. The zero-order valence-corrected chi connectivity index (χ0v) is 14.7. The quantitative estimate of drug-likeness (QED) is 0.874. The van der Waals surface area contributed by atoms with Gasteiger partial charge in [0.1, 0.15) is 0 Å². The summed E-state index contributed by atoms with van der Waals surface area (Å²) >= 11 is 5.89. The standard InChI is InChI=1S/C18H21ClN4O2/c1-9(21-17(24)14-11-2-3-12(8-11)15(14)20)16-22-18(25-23-16)10-4-6-13(19)7-5-10/h4-7,9,11-12,14-15H,2-3,8,20H2,1H3,(H,21,24). The van der Waals surface area contributed by atoms with E-state index in [4.69, 9.17) is 21.9 Å². The highest BCUT2D eigenvalue weighted by Crippen LogP contribution is 2.47. The number of amides is 1. The minimum atomic E-state index is -0.330. The van der Waals surface area contributed by atoms with E-state index in [1.807, 2.05) is 19.1 Å². The van der Waals surface area contributed by atoms with Crippen molar-refractivity contribution in [3.8, 4) is 11.5 Å². The zero-order valence-electron chi connectivity index (χ0n) is 14.0. The summed E-state index contributed by atoms with van der Waals surface area (Å²) in [5, 5.41) is 7.64. The number of nitrogens with one attached hydrogen (secondary N) is 1.